The molecule has 2 nitrogen and oxygen atoms in total. The Labute approximate surface area is 96.1 Å². The maximum atomic E-state index is 13.5. The van der Waals surface area contributed by atoms with Gasteiger partial charge in [0.25, 0.3) is 5.91 Å². The van der Waals surface area contributed by atoms with Crippen molar-refractivity contribution in [2.75, 3.05) is 0 Å². The summed E-state index contributed by atoms with van der Waals surface area (Å²) in [7, 11) is 0. The van der Waals surface area contributed by atoms with Crippen LogP contribution in [0.3, 0.4) is 0 Å². The Morgan fingerprint density at radius 3 is 2.06 bits per heavy atom. The van der Waals surface area contributed by atoms with Gasteiger partial charge in [0.1, 0.15) is 5.82 Å². The molecular formula is C13H18FNO. The zero-order chi connectivity index (χ0) is 12.3. The van der Waals surface area contributed by atoms with Crippen molar-refractivity contribution in [3.8, 4) is 0 Å². The molecule has 0 fully saturated rings. The molecule has 0 aliphatic heterocycles. The summed E-state index contributed by atoms with van der Waals surface area (Å²) >= 11 is 0. The number of amides is 1. The predicted molar refractivity (Wildman–Crippen MR) is 62.8 cm³/mol. The monoisotopic (exact) mass is 223 g/mol. The molecule has 0 bridgehead atoms. The van der Waals surface area contributed by atoms with Crippen LogP contribution in [0.4, 0.5) is 4.39 Å². The molecule has 16 heavy (non-hydrogen) atoms. The fourth-order valence-corrected chi connectivity index (χ4v) is 1.84. The molecule has 1 aromatic carbocycles. The van der Waals surface area contributed by atoms with Gasteiger partial charge in [-0.25, -0.2) is 4.39 Å². The Bertz CT molecular complexity index is 366. The fourth-order valence-electron chi connectivity index (χ4n) is 1.84. The second-order valence-electron chi connectivity index (χ2n) is 4.38. The van der Waals surface area contributed by atoms with Crippen LogP contribution in [0.1, 0.15) is 38.1 Å². The van der Waals surface area contributed by atoms with Crippen LogP contribution in [-0.2, 0) is 0 Å². The fraction of sp³-hybridized carbons (Fsp3) is 0.462. The Morgan fingerprint density at radius 2 is 1.62 bits per heavy atom. The van der Waals surface area contributed by atoms with E-state index in [9.17, 15) is 9.18 Å². The largest absolute Gasteiger partial charge is 0.334 e. The van der Waals surface area contributed by atoms with Gasteiger partial charge >= 0.3 is 0 Å². The van der Waals surface area contributed by atoms with Crippen molar-refractivity contribution in [3.63, 3.8) is 0 Å². The number of benzene rings is 1. The minimum Gasteiger partial charge on any atom is -0.334 e. The molecule has 0 atom stereocenters. The molecule has 3 heteroatoms. The van der Waals surface area contributed by atoms with E-state index in [1.165, 1.54) is 12.1 Å². The summed E-state index contributed by atoms with van der Waals surface area (Å²) < 4.78 is 13.5. The van der Waals surface area contributed by atoms with E-state index in [1.807, 2.05) is 27.7 Å². The molecule has 0 aliphatic rings. The summed E-state index contributed by atoms with van der Waals surface area (Å²) in [4.78, 5) is 13.8. The second-order valence-corrected chi connectivity index (χ2v) is 4.38. The van der Waals surface area contributed by atoms with Crippen LogP contribution >= 0.6 is 0 Å². The molecule has 0 radical (unpaired) electrons. The Morgan fingerprint density at radius 1 is 1.12 bits per heavy atom. The third-order valence-electron chi connectivity index (χ3n) is 2.45. The molecule has 1 amide bonds. The zero-order valence-electron chi connectivity index (χ0n) is 10.2. The van der Waals surface area contributed by atoms with E-state index in [2.05, 4.69) is 0 Å². The smallest absolute Gasteiger partial charge is 0.257 e. The lowest BCUT2D eigenvalue weighted by atomic mass is 10.1. The van der Waals surface area contributed by atoms with Crippen LogP contribution in [-0.4, -0.2) is 22.9 Å². The molecule has 0 aromatic heterocycles. The van der Waals surface area contributed by atoms with E-state index in [1.54, 1.807) is 17.0 Å². The van der Waals surface area contributed by atoms with Gasteiger partial charge in [0, 0.05) is 12.1 Å². The first kappa shape index (κ1) is 12.7. The molecule has 0 saturated carbocycles. The second kappa shape index (κ2) is 5.10. The summed E-state index contributed by atoms with van der Waals surface area (Å²) in [6.45, 7) is 7.72. The Kier molecular flexibility index (Phi) is 4.05. The van der Waals surface area contributed by atoms with Crippen molar-refractivity contribution in [2.24, 2.45) is 0 Å². The first-order valence-corrected chi connectivity index (χ1v) is 5.52. The van der Waals surface area contributed by atoms with Crippen LogP contribution in [0.15, 0.2) is 24.3 Å². The van der Waals surface area contributed by atoms with Crippen molar-refractivity contribution >= 4 is 5.91 Å². The van der Waals surface area contributed by atoms with Crippen molar-refractivity contribution in [1.82, 2.24) is 4.90 Å². The number of halogens is 1. The van der Waals surface area contributed by atoms with Gasteiger partial charge in [0.05, 0.1) is 5.56 Å². The van der Waals surface area contributed by atoms with Crippen molar-refractivity contribution < 1.29 is 9.18 Å². The lowest BCUT2D eigenvalue weighted by Gasteiger charge is -2.30. The molecule has 0 saturated heterocycles. The Balaban J connectivity index is 3.05. The van der Waals surface area contributed by atoms with Gasteiger partial charge in [-0.1, -0.05) is 12.1 Å². The normalized spacial score (nSPS) is 10.9. The van der Waals surface area contributed by atoms with Crippen LogP contribution in [0.2, 0.25) is 0 Å². The van der Waals surface area contributed by atoms with Gasteiger partial charge in [-0.05, 0) is 39.8 Å². The minimum absolute atomic E-state index is 0.0621. The van der Waals surface area contributed by atoms with Crippen molar-refractivity contribution in [3.05, 3.63) is 35.6 Å². The number of rotatable bonds is 3. The standard InChI is InChI=1S/C13H18FNO/c1-9(2)15(10(3)4)13(16)11-7-5-6-8-12(11)14/h5-10H,1-4H3. The highest BCUT2D eigenvalue weighted by Gasteiger charge is 2.23. The van der Waals surface area contributed by atoms with Crippen molar-refractivity contribution in [1.29, 1.82) is 0 Å². The molecule has 0 N–H and O–H groups in total. The maximum absolute atomic E-state index is 13.5. The molecule has 0 heterocycles. The van der Waals surface area contributed by atoms with Crippen LogP contribution in [0.25, 0.3) is 0 Å². The third-order valence-corrected chi connectivity index (χ3v) is 2.45. The predicted octanol–water partition coefficient (Wildman–Crippen LogP) is 3.08. The lowest BCUT2D eigenvalue weighted by Crippen LogP contribution is -2.42. The van der Waals surface area contributed by atoms with Crippen LogP contribution in [0.5, 0.6) is 0 Å². The number of carbonyl (C=O) groups is 1. The Hall–Kier alpha value is -1.38. The van der Waals surface area contributed by atoms with Gasteiger partial charge in [-0.3, -0.25) is 4.79 Å². The van der Waals surface area contributed by atoms with Gasteiger partial charge in [0.2, 0.25) is 0 Å². The van der Waals surface area contributed by atoms with Crippen molar-refractivity contribution in [2.45, 2.75) is 39.8 Å². The highest BCUT2D eigenvalue weighted by atomic mass is 19.1. The van der Waals surface area contributed by atoms with Crippen LogP contribution < -0.4 is 0 Å². The number of carbonyl (C=O) groups excluding carboxylic acids is 1. The quantitative estimate of drug-likeness (QED) is 0.771. The average Bonchev–Trinajstić information content (AvgIpc) is 2.16. The van der Waals surface area contributed by atoms with Crippen LogP contribution in [0, 0.1) is 5.82 Å². The molecule has 1 rings (SSSR count). The lowest BCUT2D eigenvalue weighted by molar-refractivity contribution is 0.0639. The van der Waals surface area contributed by atoms with Gasteiger partial charge in [0.15, 0.2) is 0 Å². The molecule has 0 unspecified atom stereocenters. The topological polar surface area (TPSA) is 20.3 Å². The maximum Gasteiger partial charge on any atom is 0.257 e. The van der Waals surface area contributed by atoms with Gasteiger partial charge in [-0.2, -0.15) is 0 Å². The average molecular weight is 223 g/mol. The first-order valence-electron chi connectivity index (χ1n) is 5.52. The molecule has 1 aromatic rings. The van der Waals surface area contributed by atoms with E-state index in [0.29, 0.717) is 0 Å². The summed E-state index contributed by atoms with van der Waals surface area (Å²) in [5.74, 6) is -0.707. The SMILES string of the molecule is CC(C)N(C(=O)c1ccccc1F)C(C)C. The van der Waals surface area contributed by atoms with Gasteiger partial charge < -0.3 is 4.90 Å². The summed E-state index contributed by atoms with van der Waals surface area (Å²) in [6, 6.07) is 6.22. The van der Waals surface area contributed by atoms with Gasteiger partial charge in [-0.15, -0.1) is 0 Å². The summed E-state index contributed by atoms with van der Waals surface area (Å²) in [5.41, 5.74) is 0.143. The van der Waals surface area contributed by atoms with E-state index >= 15 is 0 Å². The number of hydrogen-bond donors (Lipinski definition) is 0. The molecule has 88 valence electrons. The third kappa shape index (κ3) is 2.60. The zero-order valence-corrected chi connectivity index (χ0v) is 10.2. The van der Waals surface area contributed by atoms with E-state index < -0.39 is 5.82 Å². The summed E-state index contributed by atoms with van der Waals surface area (Å²) in [6.07, 6.45) is 0. The van der Waals surface area contributed by atoms with E-state index in [0.717, 1.165) is 0 Å². The minimum atomic E-state index is -0.459. The highest BCUT2D eigenvalue weighted by Crippen LogP contribution is 2.14. The van der Waals surface area contributed by atoms with E-state index in [-0.39, 0.29) is 23.6 Å². The number of hydrogen-bond acceptors (Lipinski definition) is 1. The van der Waals surface area contributed by atoms with E-state index in [4.69, 9.17) is 0 Å². The molecular weight excluding hydrogens is 205 g/mol. The highest BCUT2D eigenvalue weighted by molar-refractivity contribution is 5.94. The first-order chi connectivity index (χ1) is 7.45. The molecule has 0 aliphatic carbocycles. The number of nitrogens with zero attached hydrogens (tertiary/aromatic N) is 1. The summed E-state index contributed by atoms with van der Waals surface area (Å²) in [5, 5.41) is 0. The molecule has 0 spiro atoms.